The number of rotatable bonds is 5. The number of amides is 3. The highest BCUT2D eigenvalue weighted by molar-refractivity contribution is 7.14. The fraction of sp³-hybridized carbons (Fsp3) is 0.105. The molecule has 3 aromatic rings. The van der Waals surface area contributed by atoms with Crippen LogP contribution in [-0.2, 0) is 0 Å². The zero-order valence-electron chi connectivity index (χ0n) is 14.4. The zero-order chi connectivity index (χ0) is 19.2. The van der Waals surface area contributed by atoms with Crippen molar-refractivity contribution in [2.24, 2.45) is 0 Å². The number of hydrogen-bond donors (Lipinski definition) is 3. The Hall–Kier alpha value is -2.90. The number of halogens is 1. The lowest BCUT2D eigenvalue weighted by molar-refractivity contribution is 0.0935. The molecule has 0 aliphatic carbocycles. The number of nitrogens with zero attached hydrogens (tertiary/aromatic N) is 1. The van der Waals surface area contributed by atoms with Crippen LogP contribution in [-0.4, -0.2) is 16.9 Å². The Morgan fingerprint density at radius 1 is 1.07 bits per heavy atom. The second-order valence-corrected chi connectivity index (χ2v) is 7.03. The smallest absolute Gasteiger partial charge is 0.325 e. The second kappa shape index (κ2) is 8.66. The minimum Gasteiger partial charge on any atom is -0.344 e. The summed E-state index contributed by atoms with van der Waals surface area (Å²) in [6.07, 6.45) is 0. The van der Waals surface area contributed by atoms with Crippen molar-refractivity contribution in [1.82, 2.24) is 10.3 Å². The van der Waals surface area contributed by atoms with Gasteiger partial charge in [-0.25, -0.2) is 9.78 Å². The molecule has 1 aromatic heterocycles. The van der Waals surface area contributed by atoms with Crippen molar-refractivity contribution in [1.29, 1.82) is 0 Å². The van der Waals surface area contributed by atoms with Crippen molar-refractivity contribution >= 4 is 45.7 Å². The van der Waals surface area contributed by atoms with Gasteiger partial charge >= 0.3 is 6.03 Å². The molecule has 2 aromatic carbocycles. The van der Waals surface area contributed by atoms with Crippen molar-refractivity contribution < 1.29 is 9.59 Å². The van der Waals surface area contributed by atoms with E-state index in [0.29, 0.717) is 15.8 Å². The standard InChI is InChI=1S/C19H17ClN4O2S/c1-12(13-6-3-2-4-7-13)21-17(25)16-11-27-19(23-16)24-18(26)22-15-9-5-8-14(20)10-15/h2-12H,1H3,(H,21,25)(H2,22,23,24,26)/t12-/m1/s1. The van der Waals surface area contributed by atoms with E-state index in [1.54, 1.807) is 29.6 Å². The highest BCUT2D eigenvalue weighted by atomic mass is 35.5. The van der Waals surface area contributed by atoms with Crippen molar-refractivity contribution in [3.05, 3.63) is 76.3 Å². The van der Waals surface area contributed by atoms with Crippen LogP contribution in [0.4, 0.5) is 15.6 Å². The van der Waals surface area contributed by atoms with Crippen LogP contribution >= 0.6 is 22.9 Å². The summed E-state index contributed by atoms with van der Waals surface area (Å²) in [4.78, 5) is 28.5. The van der Waals surface area contributed by atoms with Gasteiger partial charge in [0.05, 0.1) is 6.04 Å². The topological polar surface area (TPSA) is 83.1 Å². The third-order valence-corrected chi connectivity index (χ3v) is 4.68. The third-order valence-electron chi connectivity index (χ3n) is 3.69. The lowest BCUT2D eigenvalue weighted by Gasteiger charge is -2.13. The average molecular weight is 401 g/mol. The number of anilines is 2. The molecule has 0 fully saturated rings. The largest absolute Gasteiger partial charge is 0.344 e. The monoisotopic (exact) mass is 400 g/mol. The maximum atomic E-state index is 12.3. The Labute approximate surface area is 165 Å². The van der Waals surface area contributed by atoms with Crippen molar-refractivity contribution in [2.75, 3.05) is 10.6 Å². The molecule has 0 saturated carbocycles. The second-order valence-electron chi connectivity index (χ2n) is 5.73. The normalized spacial score (nSPS) is 11.5. The Kier molecular flexibility index (Phi) is 6.05. The summed E-state index contributed by atoms with van der Waals surface area (Å²) in [6.45, 7) is 1.90. The van der Waals surface area contributed by atoms with Gasteiger partial charge in [0.2, 0.25) is 0 Å². The minimum absolute atomic E-state index is 0.150. The molecule has 0 aliphatic rings. The van der Waals surface area contributed by atoms with Crippen molar-refractivity contribution in [3.63, 3.8) is 0 Å². The first-order valence-electron chi connectivity index (χ1n) is 8.16. The lowest BCUT2D eigenvalue weighted by atomic mass is 10.1. The maximum absolute atomic E-state index is 12.3. The van der Waals surface area contributed by atoms with Gasteiger partial charge in [-0.15, -0.1) is 11.3 Å². The lowest BCUT2D eigenvalue weighted by Crippen LogP contribution is -2.27. The Balaban J connectivity index is 1.57. The van der Waals surface area contributed by atoms with E-state index in [2.05, 4.69) is 20.9 Å². The van der Waals surface area contributed by atoms with E-state index in [4.69, 9.17) is 11.6 Å². The molecule has 27 heavy (non-hydrogen) atoms. The van der Waals surface area contributed by atoms with E-state index in [1.165, 1.54) is 11.3 Å². The zero-order valence-corrected chi connectivity index (χ0v) is 16.0. The number of benzene rings is 2. The molecule has 0 unspecified atom stereocenters. The molecule has 8 heteroatoms. The van der Waals surface area contributed by atoms with Crippen LogP contribution in [0.1, 0.15) is 29.0 Å². The van der Waals surface area contributed by atoms with Gasteiger partial charge in [-0.2, -0.15) is 0 Å². The third kappa shape index (κ3) is 5.29. The van der Waals surface area contributed by atoms with Gasteiger partial charge in [0, 0.05) is 16.1 Å². The molecule has 0 aliphatic heterocycles. The number of carbonyl (C=O) groups excluding carboxylic acids is 2. The number of nitrogens with one attached hydrogen (secondary N) is 3. The fourth-order valence-electron chi connectivity index (χ4n) is 2.36. The molecular formula is C19H17ClN4O2S. The van der Waals surface area contributed by atoms with E-state index in [0.717, 1.165) is 5.56 Å². The quantitative estimate of drug-likeness (QED) is 0.567. The first kappa shape index (κ1) is 18.9. The van der Waals surface area contributed by atoms with Gasteiger partial charge in [-0.1, -0.05) is 48.0 Å². The number of thiazole rings is 1. The van der Waals surface area contributed by atoms with Crippen LogP contribution in [0.5, 0.6) is 0 Å². The van der Waals surface area contributed by atoms with Crippen LogP contribution < -0.4 is 16.0 Å². The molecule has 0 bridgehead atoms. The van der Waals surface area contributed by atoms with E-state index < -0.39 is 6.03 Å². The minimum atomic E-state index is -0.462. The molecule has 0 radical (unpaired) electrons. The summed E-state index contributed by atoms with van der Waals surface area (Å²) in [6, 6.07) is 15.8. The predicted molar refractivity (Wildman–Crippen MR) is 109 cm³/mol. The molecular weight excluding hydrogens is 384 g/mol. The molecule has 1 atom stereocenters. The molecule has 3 amide bonds. The van der Waals surface area contributed by atoms with Crippen LogP contribution in [0.2, 0.25) is 5.02 Å². The van der Waals surface area contributed by atoms with E-state index in [1.807, 2.05) is 37.3 Å². The summed E-state index contributed by atoms with van der Waals surface area (Å²) in [5.41, 5.74) is 1.81. The molecule has 6 nitrogen and oxygen atoms in total. The summed E-state index contributed by atoms with van der Waals surface area (Å²) in [5, 5.41) is 10.6. The number of urea groups is 1. The fourth-order valence-corrected chi connectivity index (χ4v) is 3.23. The summed E-state index contributed by atoms with van der Waals surface area (Å²) in [5.74, 6) is -0.300. The highest BCUT2D eigenvalue weighted by Crippen LogP contribution is 2.19. The van der Waals surface area contributed by atoms with E-state index in [-0.39, 0.29) is 17.6 Å². The summed E-state index contributed by atoms with van der Waals surface area (Å²) >= 11 is 7.06. The van der Waals surface area contributed by atoms with Crippen LogP contribution in [0.25, 0.3) is 0 Å². The summed E-state index contributed by atoms with van der Waals surface area (Å²) in [7, 11) is 0. The predicted octanol–water partition coefficient (Wildman–Crippen LogP) is 4.93. The molecule has 1 heterocycles. The maximum Gasteiger partial charge on any atom is 0.325 e. The molecule has 3 rings (SSSR count). The van der Waals surface area contributed by atoms with Gasteiger partial charge in [-0.3, -0.25) is 10.1 Å². The van der Waals surface area contributed by atoms with Gasteiger partial charge in [0.15, 0.2) is 5.13 Å². The highest BCUT2D eigenvalue weighted by Gasteiger charge is 2.15. The number of hydrogen-bond acceptors (Lipinski definition) is 4. The van der Waals surface area contributed by atoms with Gasteiger partial charge in [0.25, 0.3) is 5.91 Å². The summed E-state index contributed by atoms with van der Waals surface area (Å²) < 4.78 is 0. The Morgan fingerprint density at radius 2 is 1.85 bits per heavy atom. The van der Waals surface area contributed by atoms with Crippen LogP contribution in [0.15, 0.2) is 60.0 Å². The van der Waals surface area contributed by atoms with Crippen LogP contribution in [0, 0.1) is 0 Å². The van der Waals surface area contributed by atoms with Crippen molar-refractivity contribution in [3.8, 4) is 0 Å². The first-order chi connectivity index (χ1) is 13.0. The van der Waals surface area contributed by atoms with Gasteiger partial charge in [-0.05, 0) is 30.7 Å². The molecule has 3 N–H and O–H groups in total. The van der Waals surface area contributed by atoms with E-state index >= 15 is 0 Å². The molecule has 138 valence electrons. The van der Waals surface area contributed by atoms with Gasteiger partial charge in [0.1, 0.15) is 5.69 Å². The molecule has 0 spiro atoms. The van der Waals surface area contributed by atoms with Gasteiger partial charge < -0.3 is 10.6 Å². The van der Waals surface area contributed by atoms with Crippen molar-refractivity contribution in [2.45, 2.75) is 13.0 Å². The first-order valence-corrected chi connectivity index (χ1v) is 9.42. The Bertz CT molecular complexity index is 946. The SMILES string of the molecule is C[C@@H](NC(=O)c1csc(NC(=O)Nc2cccc(Cl)c2)n1)c1ccccc1. The number of carbonyl (C=O) groups is 2. The average Bonchev–Trinajstić information content (AvgIpc) is 3.11. The number of aromatic nitrogens is 1. The Morgan fingerprint density at radius 3 is 2.59 bits per heavy atom. The molecule has 0 saturated heterocycles. The van der Waals surface area contributed by atoms with E-state index in [9.17, 15) is 9.59 Å². The van der Waals surface area contributed by atoms with Crippen LogP contribution in [0.3, 0.4) is 0 Å².